The van der Waals surface area contributed by atoms with Crippen LogP contribution in [0.5, 0.6) is 5.75 Å². The van der Waals surface area contributed by atoms with Crippen LogP contribution in [0.25, 0.3) is 0 Å². The fraction of sp³-hybridized carbons (Fsp3) is 0.222. The first-order chi connectivity index (χ1) is 11.0. The maximum Gasteiger partial charge on any atom is 0.267 e. The van der Waals surface area contributed by atoms with Crippen molar-refractivity contribution in [3.8, 4) is 5.75 Å². The lowest BCUT2D eigenvalue weighted by Crippen LogP contribution is -2.41. The summed E-state index contributed by atoms with van der Waals surface area (Å²) in [4.78, 5) is 25.8. The van der Waals surface area contributed by atoms with Crippen molar-refractivity contribution in [1.29, 1.82) is 0 Å². The third-order valence-electron chi connectivity index (χ3n) is 3.87. The van der Waals surface area contributed by atoms with Gasteiger partial charge in [0.2, 0.25) is 0 Å². The fourth-order valence-corrected chi connectivity index (χ4v) is 2.50. The van der Waals surface area contributed by atoms with Crippen LogP contribution in [0.1, 0.15) is 22.8 Å². The number of nitrogens with one attached hydrogen (secondary N) is 1. The molecule has 0 fully saturated rings. The van der Waals surface area contributed by atoms with E-state index in [1.165, 1.54) is 0 Å². The molecule has 0 radical (unpaired) electrons. The van der Waals surface area contributed by atoms with Crippen LogP contribution in [0.4, 0.5) is 11.4 Å². The maximum absolute atomic E-state index is 12.3. The number of nitrogens with zero attached hydrogens (tertiary/aromatic N) is 1. The first-order valence-electron chi connectivity index (χ1n) is 7.42. The molecule has 118 valence electrons. The molecule has 0 aromatic heterocycles. The number of anilines is 2. The van der Waals surface area contributed by atoms with E-state index in [4.69, 9.17) is 4.74 Å². The van der Waals surface area contributed by atoms with E-state index in [0.717, 1.165) is 5.56 Å². The predicted molar refractivity (Wildman–Crippen MR) is 89.1 cm³/mol. The Morgan fingerprint density at radius 2 is 1.87 bits per heavy atom. The molecule has 1 aliphatic rings. The molecule has 1 heterocycles. The molecule has 2 aromatic rings. The second kappa shape index (κ2) is 5.76. The highest BCUT2D eigenvalue weighted by molar-refractivity contribution is 6.05. The minimum Gasteiger partial charge on any atom is -0.479 e. The molecule has 5 nitrogen and oxygen atoms in total. The number of carbonyl (C=O) groups is 2. The van der Waals surface area contributed by atoms with Gasteiger partial charge in [-0.15, -0.1) is 0 Å². The van der Waals surface area contributed by atoms with Crippen LogP contribution in [0.2, 0.25) is 0 Å². The Morgan fingerprint density at radius 1 is 1.17 bits per heavy atom. The molecule has 0 unspecified atom stereocenters. The fourth-order valence-electron chi connectivity index (χ4n) is 2.50. The van der Waals surface area contributed by atoms with Gasteiger partial charge in [0, 0.05) is 18.3 Å². The summed E-state index contributed by atoms with van der Waals surface area (Å²) < 4.78 is 5.57. The van der Waals surface area contributed by atoms with E-state index in [2.05, 4.69) is 5.32 Å². The van der Waals surface area contributed by atoms with Gasteiger partial charge in [0.15, 0.2) is 6.10 Å². The number of amides is 2. The second-order valence-electron chi connectivity index (χ2n) is 5.66. The zero-order chi connectivity index (χ0) is 16.6. The highest BCUT2D eigenvalue weighted by atomic mass is 16.5. The van der Waals surface area contributed by atoms with Gasteiger partial charge < -0.3 is 15.0 Å². The molecule has 1 atom stereocenters. The zero-order valence-electron chi connectivity index (χ0n) is 13.3. The zero-order valence-corrected chi connectivity index (χ0v) is 13.3. The Hall–Kier alpha value is -2.82. The van der Waals surface area contributed by atoms with Gasteiger partial charge in [0.05, 0.1) is 5.69 Å². The van der Waals surface area contributed by atoms with Crippen LogP contribution in [0.3, 0.4) is 0 Å². The van der Waals surface area contributed by atoms with E-state index < -0.39 is 6.10 Å². The smallest absolute Gasteiger partial charge is 0.267 e. The summed E-state index contributed by atoms with van der Waals surface area (Å²) in [7, 11) is 1.70. The van der Waals surface area contributed by atoms with Crippen molar-refractivity contribution in [2.75, 3.05) is 17.3 Å². The Kier molecular flexibility index (Phi) is 3.78. The summed E-state index contributed by atoms with van der Waals surface area (Å²) in [6.07, 6.45) is -0.500. The molecule has 0 saturated heterocycles. The largest absolute Gasteiger partial charge is 0.479 e. The number of carbonyl (C=O) groups excluding carboxylic acids is 2. The average molecular weight is 310 g/mol. The van der Waals surface area contributed by atoms with Gasteiger partial charge in [-0.3, -0.25) is 9.59 Å². The van der Waals surface area contributed by atoms with Gasteiger partial charge in [0.25, 0.3) is 11.8 Å². The lowest BCUT2D eigenvalue weighted by Gasteiger charge is -2.30. The van der Waals surface area contributed by atoms with E-state index in [1.807, 2.05) is 19.1 Å². The van der Waals surface area contributed by atoms with E-state index in [0.29, 0.717) is 22.7 Å². The Morgan fingerprint density at radius 3 is 2.57 bits per heavy atom. The number of likely N-dealkylation sites (N-methyl/N-ethyl adjacent to an activating group) is 1. The van der Waals surface area contributed by atoms with Crippen molar-refractivity contribution in [3.63, 3.8) is 0 Å². The monoisotopic (exact) mass is 310 g/mol. The van der Waals surface area contributed by atoms with Gasteiger partial charge in [0.1, 0.15) is 5.75 Å². The second-order valence-corrected chi connectivity index (χ2v) is 5.66. The molecule has 0 spiro atoms. The van der Waals surface area contributed by atoms with Gasteiger partial charge in [-0.2, -0.15) is 0 Å². The molecular formula is C18H18N2O3. The maximum atomic E-state index is 12.3. The van der Waals surface area contributed by atoms with Crippen LogP contribution >= 0.6 is 0 Å². The van der Waals surface area contributed by atoms with Gasteiger partial charge in [-0.05, 0) is 44.2 Å². The third kappa shape index (κ3) is 2.90. The summed E-state index contributed by atoms with van der Waals surface area (Å²) in [6, 6.07) is 12.6. The van der Waals surface area contributed by atoms with Crippen molar-refractivity contribution in [1.82, 2.24) is 0 Å². The Labute approximate surface area is 134 Å². The molecule has 0 bridgehead atoms. The minimum absolute atomic E-state index is 0.112. The number of benzene rings is 2. The molecule has 0 aliphatic carbocycles. The molecule has 2 aromatic carbocycles. The molecule has 23 heavy (non-hydrogen) atoms. The summed E-state index contributed by atoms with van der Waals surface area (Å²) in [5.41, 5.74) is 2.95. The van der Waals surface area contributed by atoms with Crippen LogP contribution in [0, 0.1) is 6.92 Å². The van der Waals surface area contributed by atoms with Gasteiger partial charge in [-0.25, -0.2) is 0 Å². The number of fused-ring (bicyclic) bond motifs is 1. The first-order valence-corrected chi connectivity index (χ1v) is 7.42. The molecule has 1 aliphatic heterocycles. The average Bonchev–Trinajstić information content (AvgIpc) is 2.54. The topological polar surface area (TPSA) is 58.6 Å². The number of aryl methyl sites for hydroxylation is 1. The number of hydrogen-bond acceptors (Lipinski definition) is 3. The van der Waals surface area contributed by atoms with Crippen molar-refractivity contribution in [2.45, 2.75) is 20.0 Å². The summed E-state index contributed by atoms with van der Waals surface area (Å²) in [5, 5.41) is 2.84. The Balaban J connectivity index is 1.83. The third-order valence-corrected chi connectivity index (χ3v) is 3.87. The highest BCUT2D eigenvalue weighted by Crippen LogP contribution is 2.35. The van der Waals surface area contributed by atoms with Crippen molar-refractivity contribution >= 4 is 23.2 Å². The lowest BCUT2D eigenvalue weighted by atomic mass is 10.1. The van der Waals surface area contributed by atoms with Crippen molar-refractivity contribution in [2.24, 2.45) is 0 Å². The molecule has 5 heteroatoms. The van der Waals surface area contributed by atoms with Crippen molar-refractivity contribution < 1.29 is 14.3 Å². The molecule has 3 rings (SSSR count). The summed E-state index contributed by atoms with van der Waals surface area (Å²) in [5.74, 6) is 0.330. The lowest BCUT2D eigenvalue weighted by molar-refractivity contribution is -0.125. The number of hydrogen-bond donors (Lipinski definition) is 1. The number of ether oxygens (including phenoxy) is 1. The van der Waals surface area contributed by atoms with Crippen LogP contribution in [0.15, 0.2) is 42.5 Å². The van der Waals surface area contributed by atoms with Crippen LogP contribution < -0.4 is 15.0 Å². The van der Waals surface area contributed by atoms with E-state index in [-0.39, 0.29) is 11.8 Å². The van der Waals surface area contributed by atoms with Gasteiger partial charge >= 0.3 is 0 Å². The number of rotatable bonds is 2. The molecular weight excluding hydrogens is 292 g/mol. The summed E-state index contributed by atoms with van der Waals surface area (Å²) >= 11 is 0. The molecule has 2 amide bonds. The SMILES string of the molecule is Cc1ccc(C(=O)Nc2ccc3c(c2)N(C)C(=O)[C@@H](C)O3)cc1. The predicted octanol–water partition coefficient (Wildman–Crippen LogP) is 2.99. The summed E-state index contributed by atoms with van der Waals surface area (Å²) in [6.45, 7) is 3.69. The normalized spacial score (nSPS) is 16.6. The highest BCUT2D eigenvalue weighted by Gasteiger charge is 2.29. The standard InChI is InChI=1S/C18H18N2O3/c1-11-4-6-13(7-5-11)17(21)19-14-8-9-16-15(10-14)20(3)18(22)12(2)23-16/h4-10,12H,1-3H3,(H,19,21)/t12-/m1/s1. The van der Waals surface area contributed by atoms with E-state index in [1.54, 1.807) is 49.2 Å². The first kappa shape index (κ1) is 15.1. The molecule has 0 saturated carbocycles. The van der Waals surface area contributed by atoms with E-state index >= 15 is 0 Å². The molecule has 1 N–H and O–H groups in total. The van der Waals surface area contributed by atoms with E-state index in [9.17, 15) is 9.59 Å². The quantitative estimate of drug-likeness (QED) is 0.927. The Bertz CT molecular complexity index is 768. The van der Waals surface area contributed by atoms with Gasteiger partial charge in [-0.1, -0.05) is 17.7 Å². The minimum atomic E-state index is -0.500. The van der Waals surface area contributed by atoms with Crippen LogP contribution in [-0.2, 0) is 4.79 Å². The van der Waals surface area contributed by atoms with Crippen molar-refractivity contribution in [3.05, 3.63) is 53.6 Å². The van der Waals surface area contributed by atoms with Crippen LogP contribution in [-0.4, -0.2) is 25.0 Å².